The number of methoxy groups -OCH3 is 2. The second-order valence-electron chi connectivity index (χ2n) is 7.85. The summed E-state index contributed by atoms with van der Waals surface area (Å²) in [5, 5.41) is 17.9. The van der Waals surface area contributed by atoms with Crippen LogP contribution in [0.15, 0.2) is 61.3 Å². The third kappa shape index (κ3) is 7.45. The molecule has 0 fully saturated rings. The zero-order valence-corrected chi connectivity index (χ0v) is 24.0. The molecule has 0 spiro atoms. The van der Waals surface area contributed by atoms with Gasteiger partial charge in [0.2, 0.25) is 0 Å². The third-order valence-corrected chi connectivity index (χ3v) is 9.11. The van der Waals surface area contributed by atoms with Gasteiger partial charge in [-0.3, -0.25) is 13.7 Å². The van der Waals surface area contributed by atoms with Crippen molar-refractivity contribution in [3.8, 4) is 17.2 Å². The maximum absolute atomic E-state index is 12.7. The Balaban J connectivity index is 2.16. The van der Waals surface area contributed by atoms with Gasteiger partial charge in [-0.1, -0.05) is 0 Å². The van der Waals surface area contributed by atoms with Crippen LogP contribution >= 0.6 is 0 Å². The van der Waals surface area contributed by atoms with Crippen molar-refractivity contribution in [2.24, 2.45) is 10.2 Å². The summed E-state index contributed by atoms with van der Waals surface area (Å²) in [5.41, 5.74) is -1.06. The molecule has 0 aliphatic rings. The minimum atomic E-state index is -5.11. The number of benzene rings is 3. The van der Waals surface area contributed by atoms with Crippen LogP contribution in [0.5, 0.6) is 17.2 Å². The number of phenolic OH excluding ortho intramolecular Hbond substituents is 1. The van der Waals surface area contributed by atoms with Crippen LogP contribution in [0, 0.1) is 0 Å². The number of azo groups is 1. The van der Waals surface area contributed by atoms with E-state index in [-0.39, 0.29) is 28.0 Å². The van der Waals surface area contributed by atoms with Gasteiger partial charge in [0, 0.05) is 17.5 Å². The number of sulfone groups is 1. The van der Waals surface area contributed by atoms with Crippen LogP contribution in [0.1, 0.15) is 0 Å². The Bertz CT molecular complexity index is 1990. The van der Waals surface area contributed by atoms with E-state index in [0.717, 1.165) is 50.6 Å². The van der Waals surface area contributed by atoms with E-state index in [9.17, 15) is 47.9 Å². The molecule has 0 aromatic heterocycles. The number of phenols is 1. The van der Waals surface area contributed by atoms with Gasteiger partial charge in [-0.05, 0) is 29.7 Å². The van der Waals surface area contributed by atoms with Crippen molar-refractivity contribution in [2.45, 2.75) is 14.7 Å². The molecule has 0 aliphatic carbocycles. The van der Waals surface area contributed by atoms with Crippen LogP contribution in [0.3, 0.4) is 0 Å². The van der Waals surface area contributed by atoms with Crippen LogP contribution in [-0.2, 0) is 44.7 Å². The van der Waals surface area contributed by atoms with E-state index in [4.69, 9.17) is 14.0 Å². The topological polar surface area (TPSA) is 270 Å². The lowest BCUT2D eigenvalue weighted by atomic mass is 10.1. The largest absolute Gasteiger partial charge is 0.505 e. The second kappa shape index (κ2) is 11.4. The van der Waals surface area contributed by atoms with E-state index in [1.165, 1.54) is 0 Å². The molecule has 0 radical (unpaired) electrons. The molecule has 0 saturated heterocycles. The minimum absolute atomic E-state index is 0.142. The standard InChI is InChI=1S/C20H20N2O15S4/c1-35-15-10-17(38(24,25)6-5-37-41(32,33)34)16(36-2)9-14(15)21-22-19-18(40(29,30)31)8-11-7-12(39(26,27)28)3-4-13(11)20(19)23/h3-4,7-10,23H,5-6H2,1-2H3,(H,26,27,28)(H,29,30,31)(H,32,33,34). The fourth-order valence-corrected chi connectivity index (χ4v) is 6.25. The van der Waals surface area contributed by atoms with Gasteiger partial charge in [-0.25, -0.2) is 12.6 Å². The van der Waals surface area contributed by atoms with Crippen LogP contribution in [-0.4, -0.2) is 79.0 Å². The van der Waals surface area contributed by atoms with Crippen molar-refractivity contribution < 1.29 is 66.1 Å². The lowest BCUT2D eigenvalue weighted by Gasteiger charge is -2.13. The zero-order chi connectivity index (χ0) is 31.0. The Hall–Kier alpha value is -3.44. The van der Waals surface area contributed by atoms with Crippen molar-refractivity contribution in [2.75, 3.05) is 26.6 Å². The second-order valence-corrected chi connectivity index (χ2v) is 13.8. The van der Waals surface area contributed by atoms with E-state index in [1.807, 2.05) is 0 Å². The molecule has 3 aromatic carbocycles. The predicted molar refractivity (Wildman–Crippen MR) is 139 cm³/mol. The Morgan fingerprint density at radius 1 is 0.756 bits per heavy atom. The maximum Gasteiger partial charge on any atom is 0.397 e. The first kappa shape index (κ1) is 32.1. The predicted octanol–water partition coefficient (Wildman–Crippen LogP) is 2.06. The average molecular weight is 657 g/mol. The van der Waals surface area contributed by atoms with E-state index >= 15 is 0 Å². The SMILES string of the molecule is COc1cc(S(=O)(=O)CCOS(=O)(=O)O)c(OC)cc1N=Nc1c(S(=O)(=O)O)cc2cc(S(=O)(=O)O)ccc2c1O. The average Bonchev–Trinajstić information content (AvgIpc) is 2.85. The van der Waals surface area contributed by atoms with Gasteiger partial charge in [0.1, 0.15) is 32.7 Å². The summed E-state index contributed by atoms with van der Waals surface area (Å²) in [5.74, 6) is -2.38. The molecule has 0 bridgehead atoms. The van der Waals surface area contributed by atoms with Crippen LogP contribution in [0.2, 0.25) is 0 Å². The van der Waals surface area contributed by atoms with Gasteiger partial charge in [-0.2, -0.15) is 25.3 Å². The Kier molecular flexibility index (Phi) is 8.95. The van der Waals surface area contributed by atoms with Gasteiger partial charge in [0.15, 0.2) is 15.6 Å². The number of hydrogen-bond donors (Lipinski definition) is 4. The van der Waals surface area contributed by atoms with Gasteiger partial charge in [0.05, 0.1) is 31.5 Å². The monoisotopic (exact) mass is 656 g/mol. The van der Waals surface area contributed by atoms with Crippen LogP contribution < -0.4 is 9.47 Å². The molecule has 0 aliphatic heterocycles. The molecular weight excluding hydrogens is 636 g/mol. The van der Waals surface area contributed by atoms with Gasteiger partial charge >= 0.3 is 10.4 Å². The normalized spacial score (nSPS) is 13.1. The summed E-state index contributed by atoms with van der Waals surface area (Å²) < 4.78 is 136. The number of fused-ring (bicyclic) bond motifs is 1. The molecule has 21 heteroatoms. The van der Waals surface area contributed by atoms with E-state index in [1.54, 1.807) is 0 Å². The van der Waals surface area contributed by atoms with Crippen molar-refractivity contribution in [1.29, 1.82) is 0 Å². The van der Waals surface area contributed by atoms with Gasteiger partial charge in [-0.15, -0.1) is 10.2 Å². The summed E-state index contributed by atoms with van der Waals surface area (Å²) in [6.07, 6.45) is 0. The molecule has 3 rings (SSSR count). The van der Waals surface area contributed by atoms with Crippen molar-refractivity contribution >= 4 is 62.6 Å². The third-order valence-electron chi connectivity index (χ3n) is 5.24. The fourth-order valence-electron chi connectivity index (χ4n) is 3.42. The highest BCUT2D eigenvalue weighted by Crippen LogP contribution is 2.44. The lowest BCUT2D eigenvalue weighted by Crippen LogP contribution is -2.16. The summed E-state index contributed by atoms with van der Waals surface area (Å²) in [7, 11) is -16.8. The maximum atomic E-state index is 12.7. The Labute approximate surface area is 233 Å². The van der Waals surface area contributed by atoms with Gasteiger partial charge < -0.3 is 14.6 Å². The number of rotatable bonds is 11. The van der Waals surface area contributed by atoms with Crippen molar-refractivity contribution in [3.05, 3.63) is 36.4 Å². The molecule has 4 N–H and O–H groups in total. The summed E-state index contributed by atoms with van der Waals surface area (Å²) in [6.45, 7) is -0.931. The molecule has 0 heterocycles. The highest BCUT2D eigenvalue weighted by molar-refractivity contribution is 7.91. The van der Waals surface area contributed by atoms with Gasteiger partial charge in [0.25, 0.3) is 20.2 Å². The van der Waals surface area contributed by atoms with E-state index < -0.39 is 79.0 Å². The molecule has 3 aromatic rings. The lowest BCUT2D eigenvalue weighted by molar-refractivity contribution is 0.283. The number of nitrogens with zero attached hydrogens (tertiary/aromatic N) is 2. The first-order chi connectivity index (χ1) is 18.8. The first-order valence-electron chi connectivity index (χ1n) is 10.6. The molecule has 0 saturated carbocycles. The fraction of sp³-hybridized carbons (Fsp3) is 0.200. The minimum Gasteiger partial charge on any atom is -0.505 e. The molecular formula is C20H20N2O15S4. The summed E-state index contributed by atoms with van der Waals surface area (Å²) in [6, 6.07) is 5.50. The van der Waals surface area contributed by atoms with E-state index in [2.05, 4.69) is 14.4 Å². The Morgan fingerprint density at radius 3 is 1.93 bits per heavy atom. The zero-order valence-electron chi connectivity index (χ0n) is 20.7. The molecule has 224 valence electrons. The molecule has 0 unspecified atom stereocenters. The quantitative estimate of drug-likeness (QED) is 0.170. The number of aromatic hydroxyl groups is 1. The summed E-state index contributed by atoms with van der Waals surface area (Å²) in [4.78, 5) is -2.13. The van der Waals surface area contributed by atoms with Crippen LogP contribution in [0.25, 0.3) is 10.8 Å². The molecule has 41 heavy (non-hydrogen) atoms. The molecule has 17 nitrogen and oxygen atoms in total. The van der Waals surface area contributed by atoms with Crippen LogP contribution in [0.4, 0.5) is 11.4 Å². The number of hydrogen-bond acceptors (Lipinski definition) is 14. The number of ether oxygens (including phenoxy) is 2. The van der Waals surface area contributed by atoms with Crippen molar-refractivity contribution in [1.82, 2.24) is 0 Å². The van der Waals surface area contributed by atoms with E-state index in [0.29, 0.717) is 0 Å². The molecule has 0 amide bonds. The Morgan fingerprint density at radius 2 is 1.39 bits per heavy atom. The highest BCUT2D eigenvalue weighted by Gasteiger charge is 2.26. The summed E-state index contributed by atoms with van der Waals surface area (Å²) >= 11 is 0. The molecule has 0 atom stereocenters. The smallest absolute Gasteiger partial charge is 0.397 e. The highest BCUT2D eigenvalue weighted by atomic mass is 32.3. The van der Waals surface area contributed by atoms with Crippen molar-refractivity contribution in [3.63, 3.8) is 0 Å². The first-order valence-corrected chi connectivity index (χ1v) is 16.5.